The molecule has 2 fully saturated rings. The zero-order chi connectivity index (χ0) is 13.9. The van der Waals surface area contributed by atoms with Crippen LogP contribution in [0.4, 0.5) is 0 Å². The van der Waals surface area contributed by atoms with E-state index in [4.69, 9.17) is 0 Å². The maximum absolute atomic E-state index is 3.60. The van der Waals surface area contributed by atoms with Crippen molar-refractivity contribution in [3.8, 4) is 0 Å². The van der Waals surface area contributed by atoms with Gasteiger partial charge in [0.2, 0.25) is 0 Å². The normalized spacial score (nSPS) is 32.8. The predicted molar refractivity (Wildman–Crippen MR) is 83.4 cm³/mol. The van der Waals surface area contributed by atoms with Crippen molar-refractivity contribution in [2.45, 2.75) is 65.3 Å². The maximum Gasteiger partial charge on any atom is 0.0156 e. The van der Waals surface area contributed by atoms with Crippen molar-refractivity contribution in [3.63, 3.8) is 0 Å². The number of rotatable bonds is 5. The highest BCUT2D eigenvalue weighted by Gasteiger charge is 2.41. The van der Waals surface area contributed by atoms with Gasteiger partial charge in [-0.2, -0.15) is 0 Å². The van der Waals surface area contributed by atoms with E-state index in [0.717, 1.165) is 11.8 Å². The Bertz CT molecular complexity index is 266. The first-order valence-corrected chi connectivity index (χ1v) is 8.46. The standard InChI is InChI=1S/C17H34N2/c1-5-6-14-8-11-19(12-9-14)13-15-7-10-17(2,3)16(15)18-4/h14-16,18H,5-13H2,1-4H3. The number of hydrogen-bond donors (Lipinski definition) is 1. The van der Waals surface area contributed by atoms with E-state index in [2.05, 4.69) is 38.0 Å². The van der Waals surface area contributed by atoms with E-state index in [9.17, 15) is 0 Å². The highest BCUT2D eigenvalue weighted by molar-refractivity contribution is 4.96. The van der Waals surface area contributed by atoms with Gasteiger partial charge in [0.25, 0.3) is 0 Å². The summed E-state index contributed by atoms with van der Waals surface area (Å²) >= 11 is 0. The Balaban J connectivity index is 1.79. The van der Waals surface area contributed by atoms with Gasteiger partial charge in [0, 0.05) is 12.6 Å². The summed E-state index contributed by atoms with van der Waals surface area (Å²) in [6, 6.07) is 0.709. The first-order chi connectivity index (χ1) is 9.06. The third-order valence-electron chi connectivity index (χ3n) is 5.68. The lowest BCUT2D eigenvalue weighted by atomic mass is 9.84. The quantitative estimate of drug-likeness (QED) is 0.819. The van der Waals surface area contributed by atoms with E-state index < -0.39 is 0 Å². The highest BCUT2D eigenvalue weighted by atomic mass is 15.1. The molecule has 0 aromatic carbocycles. The Labute approximate surface area is 120 Å². The molecule has 2 atom stereocenters. The average Bonchev–Trinajstić information content (AvgIpc) is 2.67. The minimum absolute atomic E-state index is 0.486. The molecule has 1 saturated carbocycles. The van der Waals surface area contributed by atoms with Gasteiger partial charge in [-0.3, -0.25) is 0 Å². The molecule has 0 aromatic heterocycles. The highest BCUT2D eigenvalue weighted by Crippen LogP contribution is 2.41. The molecule has 112 valence electrons. The molecule has 2 heteroatoms. The number of hydrogen-bond acceptors (Lipinski definition) is 2. The fourth-order valence-electron chi connectivity index (χ4n) is 4.54. The monoisotopic (exact) mass is 266 g/mol. The molecule has 0 bridgehead atoms. The summed E-state index contributed by atoms with van der Waals surface area (Å²) in [5.41, 5.74) is 0.486. The van der Waals surface area contributed by atoms with Crippen LogP contribution in [0.2, 0.25) is 0 Å². The molecule has 1 heterocycles. The molecule has 0 radical (unpaired) electrons. The van der Waals surface area contributed by atoms with Crippen molar-refractivity contribution in [2.75, 3.05) is 26.7 Å². The predicted octanol–water partition coefficient (Wildman–Crippen LogP) is 3.52. The molecule has 19 heavy (non-hydrogen) atoms. The van der Waals surface area contributed by atoms with E-state index in [1.807, 2.05) is 0 Å². The Hall–Kier alpha value is -0.0800. The average molecular weight is 266 g/mol. The SMILES string of the molecule is CCCC1CCN(CC2CCC(C)(C)C2NC)CC1. The zero-order valence-electron chi connectivity index (χ0n) is 13.5. The van der Waals surface area contributed by atoms with Gasteiger partial charge in [0.15, 0.2) is 0 Å². The van der Waals surface area contributed by atoms with Crippen LogP contribution in [0.3, 0.4) is 0 Å². The number of nitrogens with zero attached hydrogens (tertiary/aromatic N) is 1. The molecule has 0 amide bonds. The zero-order valence-corrected chi connectivity index (χ0v) is 13.5. The van der Waals surface area contributed by atoms with Gasteiger partial charge < -0.3 is 10.2 Å². The van der Waals surface area contributed by atoms with Crippen LogP contribution in [0.5, 0.6) is 0 Å². The van der Waals surface area contributed by atoms with E-state index in [-0.39, 0.29) is 0 Å². The molecule has 1 saturated heterocycles. The number of likely N-dealkylation sites (tertiary alicyclic amines) is 1. The van der Waals surface area contributed by atoms with Gasteiger partial charge in [0.05, 0.1) is 0 Å². The fourth-order valence-corrected chi connectivity index (χ4v) is 4.54. The summed E-state index contributed by atoms with van der Waals surface area (Å²) in [5.74, 6) is 1.88. The molecule has 1 aliphatic heterocycles. The molecule has 0 spiro atoms. The van der Waals surface area contributed by atoms with E-state index in [1.165, 1.54) is 58.2 Å². The number of nitrogens with one attached hydrogen (secondary N) is 1. The summed E-state index contributed by atoms with van der Waals surface area (Å²) in [6.07, 6.45) is 8.48. The third-order valence-corrected chi connectivity index (χ3v) is 5.68. The van der Waals surface area contributed by atoms with Gasteiger partial charge in [-0.1, -0.05) is 33.6 Å². The van der Waals surface area contributed by atoms with Crippen LogP contribution in [0.25, 0.3) is 0 Å². The maximum atomic E-state index is 3.60. The van der Waals surface area contributed by atoms with Crippen LogP contribution in [-0.4, -0.2) is 37.6 Å². The van der Waals surface area contributed by atoms with E-state index >= 15 is 0 Å². The molecule has 1 aliphatic carbocycles. The first kappa shape index (κ1) is 15.3. The molecule has 2 aliphatic rings. The Morgan fingerprint density at radius 1 is 1.16 bits per heavy atom. The first-order valence-electron chi connectivity index (χ1n) is 8.46. The topological polar surface area (TPSA) is 15.3 Å². The van der Waals surface area contributed by atoms with Crippen molar-refractivity contribution in [3.05, 3.63) is 0 Å². The van der Waals surface area contributed by atoms with E-state index in [0.29, 0.717) is 11.5 Å². The smallest absolute Gasteiger partial charge is 0.0156 e. The van der Waals surface area contributed by atoms with Gasteiger partial charge in [-0.05, 0) is 63.1 Å². The summed E-state index contributed by atoms with van der Waals surface area (Å²) in [7, 11) is 2.15. The van der Waals surface area contributed by atoms with Crippen LogP contribution in [0.15, 0.2) is 0 Å². The molecule has 1 N–H and O–H groups in total. The second-order valence-corrected chi connectivity index (χ2v) is 7.59. The molecule has 0 aromatic rings. The van der Waals surface area contributed by atoms with E-state index in [1.54, 1.807) is 0 Å². The second kappa shape index (κ2) is 6.58. The molecule has 2 unspecified atom stereocenters. The molecule has 2 rings (SSSR count). The molecule has 2 nitrogen and oxygen atoms in total. The Kier molecular flexibility index (Phi) is 5.30. The van der Waals surface area contributed by atoms with Crippen molar-refractivity contribution < 1.29 is 0 Å². The van der Waals surface area contributed by atoms with Crippen molar-refractivity contribution in [1.29, 1.82) is 0 Å². The second-order valence-electron chi connectivity index (χ2n) is 7.59. The lowest BCUT2D eigenvalue weighted by Crippen LogP contribution is -2.45. The van der Waals surface area contributed by atoms with Crippen LogP contribution in [-0.2, 0) is 0 Å². The summed E-state index contributed by atoms with van der Waals surface area (Å²) < 4.78 is 0. The van der Waals surface area contributed by atoms with Crippen LogP contribution >= 0.6 is 0 Å². The largest absolute Gasteiger partial charge is 0.316 e. The van der Waals surface area contributed by atoms with Crippen LogP contribution < -0.4 is 5.32 Å². The Morgan fingerprint density at radius 3 is 2.42 bits per heavy atom. The minimum Gasteiger partial charge on any atom is -0.316 e. The number of piperidine rings is 1. The van der Waals surface area contributed by atoms with Crippen molar-refractivity contribution in [1.82, 2.24) is 10.2 Å². The Morgan fingerprint density at radius 2 is 1.84 bits per heavy atom. The summed E-state index contributed by atoms with van der Waals surface area (Å²) in [4.78, 5) is 2.74. The lowest BCUT2D eigenvalue weighted by Gasteiger charge is -2.36. The van der Waals surface area contributed by atoms with Gasteiger partial charge >= 0.3 is 0 Å². The van der Waals surface area contributed by atoms with Crippen LogP contribution in [0.1, 0.15) is 59.3 Å². The van der Waals surface area contributed by atoms with Crippen molar-refractivity contribution in [2.24, 2.45) is 17.3 Å². The lowest BCUT2D eigenvalue weighted by molar-refractivity contribution is 0.139. The van der Waals surface area contributed by atoms with Gasteiger partial charge in [0.1, 0.15) is 0 Å². The molecular formula is C17H34N2. The summed E-state index contributed by atoms with van der Waals surface area (Å²) in [5, 5.41) is 3.60. The third kappa shape index (κ3) is 3.72. The minimum atomic E-state index is 0.486. The fraction of sp³-hybridized carbons (Fsp3) is 1.00. The van der Waals surface area contributed by atoms with Crippen molar-refractivity contribution >= 4 is 0 Å². The van der Waals surface area contributed by atoms with Crippen LogP contribution in [0, 0.1) is 17.3 Å². The van der Waals surface area contributed by atoms with Gasteiger partial charge in [-0.15, -0.1) is 0 Å². The summed E-state index contributed by atoms with van der Waals surface area (Å²) in [6.45, 7) is 11.2. The van der Waals surface area contributed by atoms with Gasteiger partial charge in [-0.25, -0.2) is 0 Å². The molecular weight excluding hydrogens is 232 g/mol.